The molecule has 1 aliphatic rings. The molecule has 152 valence electrons. The van der Waals surface area contributed by atoms with Gasteiger partial charge in [-0.05, 0) is 30.3 Å². The van der Waals surface area contributed by atoms with Crippen LogP contribution in [0.1, 0.15) is 10.4 Å². The summed E-state index contributed by atoms with van der Waals surface area (Å²) < 4.78 is 10.4. The lowest BCUT2D eigenvalue weighted by molar-refractivity contribution is -0.385. The molecule has 2 amide bonds. The molecule has 29 heavy (non-hydrogen) atoms. The van der Waals surface area contributed by atoms with Gasteiger partial charge in [-0.2, -0.15) is 0 Å². The van der Waals surface area contributed by atoms with E-state index in [9.17, 15) is 19.7 Å². The summed E-state index contributed by atoms with van der Waals surface area (Å²) in [6, 6.07) is 12.8. The average molecular weight is 399 g/mol. The van der Waals surface area contributed by atoms with E-state index in [1.165, 1.54) is 18.2 Å². The number of carbonyl (C=O) groups excluding carboxylic acids is 2. The lowest BCUT2D eigenvalue weighted by Gasteiger charge is -2.34. The molecule has 2 aromatic carbocycles. The molecule has 1 saturated heterocycles. The van der Waals surface area contributed by atoms with Crippen molar-refractivity contribution in [2.24, 2.45) is 0 Å². The predicted molar refractivity (Wildman–Crippen MR) is 104 cm³/mol. The molecule has 9 nitrogen and oxygen atoms in total. The second-order valence-corrected chi connectivity index (χ2v) is 6.41. The van der Waals surface area contributed by atoms with Crippen LogP contribution in [-0.2, 0) is 4.79 Å². The first-order valence-electron chi connectivity index (χ1n) is 9.07. The second kappa shape index (κ2) is 9.05. The highest BCUT2D eigenvalue weighted by atomic mass is 16.6. The highest BCUT2D eigenvalue weighted by Gasteiger charge is 2.25. The van der Waals surface area contributed by atoms with E-state index >= 15 is 0 Å². The molecule has 1 fully saturated rings. The van der Waals surface area contributed by atoms with E-state index < -0.39 is 4.92 Å². The molecule has 0 bridgehead atoms. The Morgan fingerprint density at radius 1 is 1.00 bits per heavy atom. The minimum Gasteiger partial charge on any atom is -0.497 e. The molecule has 0 saturated carbocycles. The Morgan fingerprint density at radius 3 is 2.24 bits per heavy atom. The van der Waals surface area contributed by atoms with Gasteiger partial charge in [0.1, 0.15) is 5.75 Å². The lowest BCUT2D eigenvalue weighted by Crippen LogP contribution is -2.51. The first-order valence-corrected chi connectivity index (χ1v) is 9.07. The van der Waals surface area contributed by atoms with Crippen LogP contribution in [0.2, 0.25) is 0 Å². The van der Waals surface area contributed by atoms with Gasteiger partial charge in [0.25, 0.3) is 11.8 Å². The molecular weight excluding hydrogens is 378 g/mol. The van der Waals surface area contributed by atoms with E-state index in [1.807, 2.05) is 0 Å². The molecule has 0 unspecified atom stereocenters. The summed E-state index contributed by atoms with van der Waals surface area (Å²) in [6.45, 7) is 1.27. The van der Waals surface area contributed by atoms with Gasteiger partial charge in [0.15, 0.2) is 12.4 Å². The summed E-state index contributed by atoms with van der Waals surface area (Å²) in [5, 5.41) is 11.0. The zero-order valence-electron chi connectivity index (χ0n) is 15.9. The monoisotopic (exact) mass is 399 g/mol. The summed E-state index contributed by atoms with van der Waals surface area (Å²) in [5.74, 6) is 0.352. The van der Waals surface area contributed by atoms with Gasteiger partial charge >= 0.3 is 5.69 Å². The third-order valence-electron chi connectivity index (χ3n) is 4.67. The molecular formula is C20H21N3O6. The molecule has 0 aromatic heterocycles. The van der Waals surface area contributed by atoms with Crippen LogP contribution in [0.5, 0.6) is 11.5 Å². The van der Waals surface area contributed by atoms with Gasteiger partial charge in [0.05, 0.1) is 12.0 Å². The Bertz CT molecular complexity index is 891. The van der Waals surface area contributed by atoms with Crippen molar-refractivity contribution in [1.29, 1.82) is 0 Å². The average Bonchev–Trinajstić information content (AvgIpc) is 2.77. The summed E-state index contributed by atoms with van der Waals surface area (Å²) in [4.78, 5) is 38.7. The van der Waals surface area contributed by atoms with Crippen molar-refractivity contribution in [3.05, 3.63) is 64.2 Å². The molecule has 2 aromatic rings. The van der Waals surface area contributed by atoms with E-state index in [0.29, 0.717) is 37.5 Å². The van der Waals surface area contributed by atoms with Crippen molar-refractivity contribution in [2.75, 3.05) is 39.9 Å². The summed E-state index contributed by atoms with van der Waals surface area (Å²) >= 11 is 0. The SMILES string of the molecule is COc1ccc(C(=O)N2CCN(C(=O)COc3ccccc3[N+](=O)[O-])CC2)cc1. The Labute approximate surface area is 167 Å². The number of carbonyl (C=O) groups is 2. The van der Waals surface area contributed by atoms with Crippen LogP contribution in [-0.4, -0.2) is 66.4 Å². The number of amides is 2. The highest BCUT2D eigenvalue weighted by Crippen LogP contribution is 2.25. The predicted octanol–water partition coefficient (Wildman–Crippen LogP) is 1.97. The van der Waals surface area contributed by atoms with Crippen LogP contribution in [0.4, 0.5) is 5.69 Å². The number of ether oxygens (including phenoxy) is 2. The zero-order chi connectivity index (χ0) is 20.8. The second-order valence-electron chi connectivity index (χ2n) is 6.41. The fourth-order valence-electron chi connectivity index (χ4n) is 3.04. The zero-order valence-corrected chi connectivity index (χ0v) is 15.9. The molecule has 9 heteroatoms. The number of para-hydroxylation sites is 2. The number of benzene rings is 2. The Morgan fingerprint density at radius 2 is 1.62 bits per heavy atom. The number of methoxy groups -OCH3 is 1. The number of nitro benzene ring substituents is 1. The van der Waals surface area contributed by atoms with E-state index in [0.717, 1.165) is 0 Å². The third-order valence-corrected chi connectivity index (χ3v) is 4.67. The van der Waals surface area contributed by atoms with E-state index in [2.05, 4.69) is 0 Å². The smallest absolute Gasteiger partial charge is 0.310 e. The fourth-order valence-corrected chi connectivity index (χ4v) is 3.04. The number of hydrogen-bond acceptors (Lipinski definition) is 6. The van der Waals surface area contributed by atoms with Crippen LogP contribution in [0.3, 0.4) is 0 Å². The molecule has 3 rings (SSSR count). The fraction of sp³-hybridized carbons (Fsp3) is 0.300. The third kappa shape index (κ3) is 4.81. The van der Waals surface area contributed by atoms with Crippen LogP contribution in [0.25, 0.3) is 0 Å². The van der Waals surface area contributed by atoms with Gasteiger partial charge in [-0.3, -0.25) is 19.7 Å². The topological polar surface area (TPSA) is 102 Å². The summed E-state index contributed by atoms with van der Waals surface area (Å²) in [5.41, 5.74) is 0.375. The number of hydrogen-bond donors (Lipinski definition) is 0. The maximum Gasteiger partial charge on any atom is 0.310 e. The van der Waals surface area contributed by atoms with Crippen LogP contribution >= 0.6 is 0 Å². The Balaban J connectivity index is 1.51. The van der Waals surface area contributed by atoms with Gasteiger partial charge < -0.3 is 19.3 Å². The Hall–Kier alpha value is -3.62. The Kier molecular flexibility index (Phi) is 6.28. The van der Waals surface area contributed by atoms with Crippen LogP contribution < -0.4 is 9.47 Å². The normalized spacial score (nSPS) is 13.7. The van der Waals surface area contributed by atoms with Gasteiger partial charge in [0.2, 0.25) is 0 Å². The summed E-state index contributed by atoms with van der Waals surface area (Å²) in [6.07, 6.45) is 0. The molecule has 0 N–H and O–H groups in total. The maximum atomic E-state index is 12.6. The van der Waals surface area contributed by atoms with E-state index in [4.69, 9.17) is 9.47 Å². The van der Waals surface area contributed by atoms with Gasteiger partial charge in [-0.15, -0.1) is 0 Å². The van der Waals surface area contributed by atoms with Crippen molar-refractivity contribution in [2.45, 2.75) is 0 Å². The van der Waals surface area contributed by atoms with Gasteiger partial charge in [-0.25, -0.2) is 0 Å². The number of nitrogens with zero attached hydrogens (tertiary/aromatic N) is 3. The number of rotatable bonds is 6. The molecule has 0 spiro atoms. The van der Waals surface area contributed by atoms with Crippen LogP contribution in [0.15, 0.2) is 48.5 Å². The minimum absolute atomic E-state index is 0.0548. The number of nitro groups is 1. The van der Waals surface area contributed by atoms with E-state index in [1.54, 1.807) is 47.2 Å². The van der Waals surface area contributed by atoms with Crippen molar-refractivity contribution >= 4 is 17.5 Å². The van der Waals surface area contributed by atoms with Gasteiger partial charge in [-0.1, -0.05) is 12.1 Å². The van der Waals surface area contributed by atoms with Gasteiger partial charge in [0, 0.05) is 37.8 Å². The maximum absolute atomic E-state index is 12.6. The quantitative estimate of drug-likeness (QED) is 0.544. The molecule has 1 aliphatic heterocycles. The van der Waals surface area contributed by atoms with Crippen molar-refractivity contribution in [3.63, 3.8) is 0 Å². The van der Waals surface area contributed by atoms with Crippen LogP contribution in [0, 0.1) is 10.1 Å². The van der Waals surface area contributed by atoms with E-state index in [-0.39, 0.29) is 29.9 Å². The molecule has 1 heterocycles. The molecule has 0 atom stereocenters. The number of piperazine rings is 1. The minimum atomic E-state index is -0.552. The highest BCUT2D eigenvalue weighted by molar-refractivity contribution is 5.94. The molecule has 0 aliphatic carbocycles. The standard InChI is InChI=1S/C20H21N3O6/c1-28-16-8-6-15(7-9-16)20(25)22-12-10-21(11-13-22)19(24)14-29-18-5-3-2-4-17(18)23(26)27/h2-9H,10-14H2,1H3. The lowest BCUT2D eigenvalue weighted by atomic mass is 10.1. The van der Waals surface area contributed by atoms with Crippen molar-refractivity contribution in [3.8, 4) is 11.5 Å². The summed E-state index contributed by atoms with van der Waals surface area (Å²) in [7, 11) is 1.56. The van der Waals surface area contributed by atoms with Crippen molar-refractivity contribution in [1.82, 2.24) is 9.80 Å². The largest absolute Gasteiger partial charge is 0.497 e. The van der Waals surface area contributed by atoms with Crippen molar-refractivity contribution < 1.29 is 24.0 Å². The molecule has 0 radical (unpaired) electrons. The first kappa shape index (κ1) is 20.1. The first-order chi connectivity index (χ1) is 14.0.